The van der Waals surface area contributed by atoms with E-state index < -0.39 is 0 Å². The van der Waals surface area contributed by atoms with E-state index in [9.17, 15) is 0 Å². The fraction of sp³-hybridized carbons (Fsp3) is 0.304. The van der Waals surface area contributed by atoms with Gasteiger partial charge in [0.15, 0.2) is 5.96 Å². The van der Waals surface area contributed by atoms with Crippen LogP contribution in [0.1, 0.15) is 30.5 Å². The fourth-order valence-electron chi connectivity index (χ4n) is 3.07. The Labute approximate surface area is 172 Å². The molecule has 6 heteroatoms. The van der Waals surface area contributed by atoms with Gasteiger partial charge in [-0.2, -0.15) is 5.10 Å². The largest absolute Gasteiger partial charge is 0.494 e. The molecule has 6 nitrogen and oxygen atoms in total. The van der Waals surface area contributed by atoms with E-state index in [1.807, 2.05) is 42.1 Å². The first-order valence-corrected chi connectivity index (χ1v) is 10.1. The van der Waals surface area contributed by atoms with Crippen molar-refractivity contribution in [2.24, 2.45) is 4.99 Å². The molecule has 2 aromatic carbocycles. The molecule has 0 radical (unpaired) electrons. The summed E-state index contributed by atoms with van der Waals surface area (Å²) in [6, 6.07) is 18.4. The van der Waals surface area contributed by atoms with Crippen molar-refractivity contribution in [2.75, 3.05) is 13.2 Å². The van der Waals surface area contributed by atoms with E-state index in [2.05, 4.69) is 53.0 Å². The first kappa shape index (κ1) is 20.5. The lowest BCUT2D eigenvalue weighted by molar-refractivity contribution is 0.336. The van der Waals surface area contributed by atoms with E-state index in [1.54, 1.807) is 6.20 Å². The molecule has 0 aliphatic rings. The smallest absolute Gasteiger partial charge is 0.191 e. The molecular weight excluding hydrogens is 362 g/mol. The lowest BCUT2D eigenvalue weighted by atomic mass is 10.1. The molecular formula is C23H29N5O. The first-order chi connectivity index (χ1) is 14.3. The first-order valence-electron chi connectivity index (χ1n) is 10.1. The average molecular weight is 392 g/mol. The van der Waals surface area contributed by atoms with Gasteiger partial charge in [-0.3, -0.25) is 4.68 Å². The maximum Gasteiger partial charge on any atom is 0.191 e. The van der Waals surface area contributed by atoms with Crippen LogP contribution in [-0.2, 0) is 19.6 Å². The predicted molar refractivity (Wildman–Crippen MR) is 117 cm³/mol. The monoisotopic (exact) mass is 391 g/mol. The second-order valence-electron chi connectivity index (χ2n) is 6.56. The highest BCUT2D eigenvalue weighted by Crippen LogP contribution is 2.18. The molecule has 3 rings (SSSR count). The van der Waals surface area contributed by atoms with E-state index in [0.29, 0.717) is 19.7 Å². The van der Waals surface area contributed by atoms with Crippen LogP contribution in [0.2, 0.25) is 0 Å². The molecule has 0 aliphatic carbocycles. The zero-order valence-corrected chi connectivity index (χ0v) is 17.1. The highest BCUT2D eigenvalue weighted by Gasteiger charge is 2.06. The van der Waals surface area contributed by atoms with Gasteiger partial charge in [-0.1, -0.05) is 42.5 Å². The quantitative estimate of drug-likeness (QED) is 0.432. The molecule has 2 N–H and O–H groups in total. The van der Waals surface area contributed by atoms with Crippen molar-refractivity contribution in [3.63, 3.8) is 0 Å². The van der Waals surface area contributed by atoms with Gasteiger partial charge >= 0.3 is 0 Å². The number of ether oxygens (including phenoxy) is 1. The molecule has 0 atom stereocenters. The molecule has 0 fully saturated rings. The van der Waals surface area contributed by atoms with Gasteiger partial charge in [-0.05, 0) is 37.1 Å². The highest BCUT2D eigenvalue weighted by molar-refractivity contribution is 5.79. The number of nitrogens with one attached hydrogen (secondary N) is 2. The minimum Gasteiger partial charge on any atom is -0.494 e. The maximum absolute atomic E-state index is 5.71. The average Bonchev–Trinajstić information content (AvgIpc) is 3.25. The molecule has 0 amide bonds. The minimum absolute atomic E-state index is 0.556. The van der Waals surface area contributed by atoms with Gasteiger partial charge < -0.3 is 15.4 Å². The Morgan fingerprint density at radius 3 is 2.45 bits per heavy atom. The van der Waals surface area contributed by atoms with E-state index in [1.165, 1.54) is 11.1 Å². The van der Waals surface area contributed by atoms with Gasteiger partial charge in [0.1, 0.15) is 5.75 Å². The van der Waals surface area contributed by atoms with E-state index in [-0.39, 0.29) is 0 Å². The topological polar surface area (TPSA) is 63.5 Å². The van der Waals surface area contributed by atoms with Gasteiger partial charge in [0.2, 0.25) is 0 Å². The van der Waals surface area contributed by atoms with Crippen molar-refractivity contribution in [2.45, 2.75) is 33.5 Å². The minimum atomic E-state index is 0.556. The summed E-state index contributed by atoms with van der Waals surface area (Å²) in [5.74, 6) is 1.67. The maximum atomic E-state index is 5.71. The van der Waals surface area contributed by atoms with Crippen molar-refractivity contribution < 1.29 is 4.74 Å². The number of guanidine groups is 1. The summed E-state index contributed by atoms with van der Waals surface area (Å²) in [4.78, 5) is 4.74. The Morgan fingerprint density at radius 1 is 0.966 bits per heavy atom. The van der Waals surface area contributed by atoms with Crippen molar-refractivity contribution in [3.8, 4) is 5.75 Å². The van der Waals surface area contributed by atoms with Gasteiger partial charge in [-0.15, -0.1) is 0 Å². The van der Waals surface area contributed by atoms with Gasteiger partial charge in [0, 0.05) is 31.0 Å². The van der Waals surface area contributed by atoms with E-state index >= 15 is 0 Å². The Balaban J connectivity index is 1.68. The molecule has 0 unspecified atom stereocenters. The highest BCUT2D eigenvalue weighted by atomic mass is 16.5. The summed E-state index contributed by atoms with van der Waals surface area (Å²) < 4.78 is 7.64. The second-order valence-corrected chi connectivity index (χ2v) is 6.56. The molecule has 152 valence electrons. The van der Waals surface area contributed by atoms with Gasteiger partial charge in [-0.25, -0.2) is 4.99 Å². The Kier molecular flexibility index (Phi) is 7.69. The van der Waals surface area contributed by atoms with Crippen LogP contribution in [0.3, 0.4) is 0 Å². The standard InChI is InChI=1S/C23H29N5O/c1-3-24-23(26-17-20-11-7-8-13-22(20)29-4-2)25-16-19-10-5-6-12-21(19)18-28-15-9-14-27-28/h5-15H,3-4,16-18H2,1-2H3,(H2,24,25,26). The van der Waals surface area contributed by atoms with Crippen LogP contribution in [0.15, 0.2) is 72.0 Å². The molecule has 0 saturated heterocycles. The van der Waals surface area contributed by atoms with Crippen LogP contribution in [0.25, 0.3) is 0 Å². The Bertz CT molecular complexity index is 905. The number of hydrogen-bond acceptors (Lipinski definition) is 3. The molecule has 0 saturated carbocycles. The van der Waals surface area contributed by atoms with Crippen LogP contribution in [0.4, 0.5) is 0 Å². The number of rotatable bonds is 9. The third-order valence-corrected chi connectivity index (χ3v) is 4.48. The number of benzene rings is 2. The van der Waals surface area contributed by atoms with Crippen LogP contribution in [0, 0.1) is 0 Å². The number of para-hydroxylation sites is 1. The zero-order valence-electron chi connectivity index (χ0n) is 17.1. The summed E-state index contributed by atoms with van der Waals surface area (Å²) in [7, 11) is 0. The summed E-state index contributed by atoms with van der Waals surface area (Å²) in [6.45, 7) is 7.50. The lowest BCUT2D eigenvalue weighted by Crippen LogP contribution is -2.37. The van der Waals surface area contributed by atoms with Gasteiger partial charge in [0.25, 0.3) is 0 Å². The van der Waals surface area contributed by atoms with Crippen LogP contribution in [-0.4, -0.2) is 28.9 Å². The molecule has 0 aliphatic heterocycles. The van der Waals surface area contributed by atoms with E-state index in [4.69, 9.17) is 9.73 Å². The van der Waals surface area contributed by atoms with Crippen molar-refractivity contribution >= 4 is 5.96 Å². The van der Waals surface area contributed by atoms with Gasteiger partial charge in [0.05, 0.1) is 19.7 Å². The Hall–Kier alpha value is -3.28. The number of hydrogen-bond donors (Lipinski definition) is 2. The molecule has 29 heavy (non-hydrogen) atoms. The van der Waals surface area contributed by atoms with Crippen LogP contribution in [0.5, 0.6) is 5.75 Å². The van der Waals surface area contributed by atoms with Crippen LogP contribution >= 0.6 is 0 Å². The summed E-state index contributed by atoms with van der Waals surface area (Å²) in [6.07, 6.45) is 3.78. The fourth-order valence-corrected chi connectivity index (χ4v) is 3.07. The molecule has 0 bridgehead atoms. The summed E-state index contributed by atoms with van der Waals surface area (Å²) in [5.41, 5.74) is 3.54. The van der Waals surface area contributed by atoms with Crippen molar-refractivity contribution in [1.29, 1.82) is 0 Å². The molecule has 1 heterocycles. The predicted octanol–water partition coefficient (Wildman–Crippen LogP) is 3.59. The van der Waals surface area contributed by atoms with Crippen molar-refractivity contribution in [3.05, 3.63) is 83.7 Å². The molecule has 1 aromatic heterocycles. The normalized spacial score (nSPS) is 11.3. The number of aliphatic imine (C=N–C) groups is 1. The lowest BCUT2D eigenvalue weighted by Gasteiger charge is -2.15. The molecule has 3 aromatic rings. The van der Waals surface area contributed by atoms with E-state index in [0.717, 1.165) is 30.4 Å². The second kappa shape index (κ2) is 10.9. The van der Waals surface area contributed by atoms with Crippen LogP contribution < -0.4 is 15.4 Å². The number of nitrogens with zero attached hydrogens (tertiary/aromatic N) is 3. The molecule has 0 spiro atoms. The SMILES string of the molecule is CCNC(=NCc1ccccc1OCC)NCc1ccccc1Cn1cccn1. The number of aromatic nitrogens is 2. The summed E-state index contributed by atoms with van der Waals surface area (Å²) in [5, 5.41) is 11.1. The summed E-state index contributed by atoms with van der Waals surface area (Å²) >= 11 is 0. The van der Waals surface area contributed by atoms with Crippen molar-refractivity contribution in [1.82, 2.24) is 20.4 Å². The third kappa shape index (κ3) is 6.10. The zero-order chi connectivity index (χ0) is 20.3. The third-order valence-electron chi connectivity index (χ3n) is 4.48. The Morgan fingerprint density at radius 2 is 1.72 bits per heavy atom.